The summed E-state index contributed by atoms with van der Waals surface area (Å²) >= 11 is 1.42. The summed E-state index contributed by atoms with van der Waals surface area (Å²) < 4.78 is 0. The van der Waals surface area contributed by atoms with Gasteiger partial charge in [-0.1, -0.05) is 39.5 Å². The van der Waals surface area contributed by atoms with Crippen LogP contribution >= 0.6 is 11.8 Å². The highest BCUT2D eigenvalue weighted by atomic mass is 32.2. The van der Waals surface area contributed by atoms with E-state index in [4.69, 9.17) is 0 Å². The third kappa shape index (κ3) is 5.53. The number of nitrogens with one attached hydrogen (secondary N) is 1. The second-order valence-corrected chi connectivity index (χ2v) is 5.27. The first-order valence-corrected chi connectivity index (χ1v) is 6.38. The second-order valence-electron chi connectivity index (χ2n) is 4.28. The Morgan fingerprint density at radius 3 is 2.07 bits per heavy atom. The van der Waals surface area contributed by atoms with E-state index in [9.17, 15) is 4.79 Å². The molecule has 0 saturated carbocycles. The molecule has 3 heteroatoms. The highest BCUT2D eigenvalue weighted by molar-refractivity contribution is 8.13. The Morgan fingerprint density at radius 2 is 1.71 bits per heavy atom. The summed E-state index contributed by atoms with van der Waals surface area (Å²) in [5.74, 6) is 2.86. The molecule has 0 aliphatic rings. The first kappa shape index (κ1) is 13.8. The Bertz CT molecular complexity index is 161. The van der Waals surface area contributed by atoms with Crippen LogP contribution in [0.4, 0.5) is 4.79 Å². The van der Waals surface area contributed by atoms with Gasteiger partial charge >= 0.3 is 0 Å². The minimum Gasteiger partial charge on any atom is -0.347 e. The van der Waals surface area contributed by atoms with Gasteiger partial charge in [-0.3, -0.25) is 4.79 Å². The summed E-state index contributed by atoms with van der Waals surface area (Å²) in [5, 5.41) is 2.91. The molecule has 0 aromatic carbocycles. The van der Waals surface area contributed by atoms with Gasteiger partial charge < -0.3 is 5.32 Å². The molecule has 0 aliphatic heterocycles. The largest absolute Gasteiger partial charge is 0.347 e. The summed E-state index contributed by atoms with van der Waals surface area (Å²) in [6.07, 6.45) is 0. The van der Waals surface area contributed by atoms with E-state index in [-0.39, 0.29) is 5.24 Å². The van der Waals surface area contributed by atoms with E-state index < -0.39 is 0 Å². The molecule has 1 N–H and O–H groups in total. The number of hydrogen-bond acceptors (Lipinski definition) is 2. The minimum atomic E-state index is 0.110. The number of hydrogen-bond donors (Lipinski definition) is 1. The Morgan fingerprint density at radius 1 is 1.21 bits per heavy atom. The fourth-order valence-electron chi connectivity index (χ4n) is 1.52. The van der Waals surface area contributed by atoms with Gasteiger partial charge in [0.2, 0.25) is 0 Å². The molecule has 0 aromatic rings. The van der Waals surface area contributed by atoms with E-state index in [0.29, 0.717) is 17.8 Å². The van der Waals surface area contributed by atoms with Gasteiger partial charge in [-0.25, -0.2) is 0 Å². The minimum absolute atomic E-state index is 0.110. The van der Waals surface area contributed by atoms with Gasteiger partial charge in [0.25, 0.3) is 5.24 Å². The third-order valence-electron chi connectivity index (χ3n) is 2.44. The lowest BCUT2D eigenvalue weighted by molar-refractivity contribution is 0.260. The Hall–Kier alpha value is -0.180. The molecule has 0 rings (SSSR count). The van der Waals surface area contributed by atoms with Crippen LogP contribution in [0.1, 0.15) is 34.6 Å². The van der Waals surface area contributed by atoms with Gasteiger partial charge in [-0.2, -0.15) is 0 Å². The highest BCUT2D eigenvalue weighted by Crippen LogP contribution is 2.24. The first-order valence-electron chi connectivity index (χ1n) is 5.39. The number of amides is 1. The molecule has 1 amide bonds. The Kier molecular flexibility index (Phi) is 7.06. The molecule has 0 radical (unpaired) electrons. The zero-order valence-electron chi connectivity index (χ0n) is 9.96. The van der Waals surface area contributed by atoms with Crippen LogP contribution in [0.5, 0.6) is 0 Å². The molecule has 0 heterocycles. The van der Waals surface area contributed by atoms with E-state index in [2.05, 4.69) is 33.0 Å². The molecule has 2 nitrogen and oxygen atoms in total. The van der Waals surface area contributed by atoms with E-state index in [0.717, 1.165) is 12.3 Å². The van der Waals surface area contributed by atoms with Crippen molar-refractivity contribution in [2.24, 2.45) is 17.8 Å². The maximum atomic E-state index is 11.2. The van der Waals surface area contributed by atoms with Gasteiger partial charge in [0.05, 0.1) is 0 Å². The third-order valence-corrected chi connectivity index (χ3v) is 3.40. The molecular formula is C11H23NOS. The van der Waals surface area contributed by atoms with E-state index >= 15 is 0 Å². The number of rotatable bonds is 5. The predicted molar refractivity (Wildman–Crippen MR) is 64.7 cm³/mol. The lowest BCUT2D eigenvalue weighted by atomic mass is 9.87. The molecule has 0 spiro atoms. The number of thioether (sulfide) groups is 1. The van der Waals surface area contributed by atoms with Gasteiger partial charge in [-0.15, -0.1) is 0 Å². The molecule has 0 atom stereocenters. The standard InChI is InChI=1S/C11H23NOS/c1-6-12-11(13)14-7-10(8(2)3)9(4)5/h8-10H,6-7H2,1-5H3,(H,12,13). The summed E-state index contributed by atoms with van der Waals surface area (Å²) in [7, 11) is 0. The molecule has 0 saturated heterocycles. The van der Waals surface area contributed by atoms with Gasteiger partial charge in [0, 0.05) is 12.3 Å². The summed E-state index contributed by atoms with van der Waals surface area (Å²) in [4.78, 5) is 11.2. The van der Waals surface area contributed by atoms with Crippen LogP contribution in [0.25, 0.3) is 0 Å². The second kappa shape index (κ2) is 7.16. The van der Waals surface area contributed by atoms with Crippen molar-refractivity contribution in [3.05, 3.63) is 0 Å². The van der Waals surface area contributed by atoms with Crippen LogP contribution in [-0.2, 0) is 0 Å². The van der Waals surface area contributed by atoms with Crippen molar-refractivity contribution in [1.29, 1.82) is 0 Å². The average molecular weight is 217 g/mol. The zero-order valence-corrected chi connectivity index (χ0v) is 10.8. The van der Waals surface area contributed by atoms with Crippen LogP contribution in [-0.4, -0.2) is 17.5 Å². The fourth-order valence-corrected chi connectivity index (χ4v) is 2.88. The molecule has 84 valence electrons. The highest BCUT2D eigenvalue weighted by Gasteiger charge is 2.18. The van der Waals surface area contributed by atoms with E-state index in [1.54, 1.807) is 0 Å². The average Bonchev–Trinajstić information content (AvgIpc) is 2.03. The molecule has 0 bridgehead atoms. The first-order chi connectivity index (χ1) is 6.49. The molecule has 0 fully saturated rings. The van der Waals surface area contributed by atoms with Crippen molar-refractivity contribution in [1.82, 2.24) is 5.32 Å². The maximum absolute atomic E-state index is 11.2. The van der Waals surface area contributed by atoms with Crippen molar-refractivity contribution in [3.8, 4) is 0 Å². The molecule has 0 unspecified atom stereocenters. The zero-order chi connectivity index (χ0) is 11.1. The Balaban J connectivity index is 3.88. The topological polar surface area (TPSA) is 29.1 Å². The molecule has 0 aliphatic carbocycles. The fraction of sp³-hybridized carbons (Fsp3) is 0.909. The van der Waals surface area contributed by atoms with Gasteiger partial charge in [-0.05, 0) is 24.7 Å². The van der Waals surface area contributed by atoms with Gasteiger partial charge in [0.15, 0.2) is 0 Å². The molecule has 14 heavy (non-hydrogen) atoms. The van der Waals surface area contributed by atoms with Crippen molar-refractivity contribution in [3.63, 3.8) is 0 Å². The number of carbonyl (C=O) groups is 1. The van der Waals surface area contributed by atoms with Crippen molar-refractivity contribution in [2.45, 2.75) is 34.6 Å². The van der Waals surface area contributed by atoms with Gasteiger partial charge in [0.1, 0.15) is 0 Å². The summed E-state index contributed by atoms with van der Waals surface area (Å²) in [6.45, 7) is 11.6. The van der Waals surface area contributed by atoms with Crippen LogP contribution in [0.15, 0.2) is 0 Å². The monoisotopic (exact) mass is 217 g/mol. The van der Waals surface area contributed by atoms with Crippen molar-refractivity contribution < 1.29 is 4.79 Å². The predicted octanol–water partition coefficient (Wildman–Crippen LogP) is 3.38. The molecular weight excluding hydrogens is 194 g/mol. The number of carbonyl (C=O) groups excluding carboxylic acids is 1. The lowest BCUT2D eigenvalue weighted by Crippen LogP contribution is -2.23. The van der Waals surface area contributed by atoms with Crippen molar-refractivity contribution in [2.75, 3.05) is 12.3 Å². The molecule has 0 aromatic heterocycles. The normalized spacial score (nSPS) is 11.4. The van der Waals surface area contributed by atoms with Crippen LogP contribution in [0.2, 0.25) is 0 Å². The van der Waals surface area contributed by atoms with Crippen LogP contribution in [0, 0.1) is 17.8 Å². The summed E-state index contributed by atoms with van der Waals surface area (Å²) in [5.41, 5.74) is 0. The lowest BCUT2D eigenvalue weighted by Gasteiger charge is -2.23. The van der Waals surface area contributed by atoms with Crippen molar-refractivity contribution >= 4 is 17.0 Å². The summed E-state index contributed by atoms with van der Waals surface area (Å²) in [6, 6.07) is 0. The van der Waals surface area contributed by atoms with E-state index in [1.807, 2.05) is 6.92 Å². The maximum Gasteiger partial charge on any atom is 0.279 e. The van der Waals surface area contributed by atoms with Crippen LogP contribution < -0.4 is 5.32 Å². The smallest absolute Gasteiger partial charge is 0.279 e. The quantitative estimate of drug-likeness (QED) is 0.765. The van der Waals surface area contributed by atoms with E-state index in [1.165, 1.54) is 11.8 Å². The van der Waals surface area contributed by atoms with Crippen LogP contribution in [0.3, 0.4) is 0 Å². The SMILES string of the molecule is CCNC(=O)SCC(C(C)C)C(C)C. The Labute approximate surface area is 92.2 Å².